The van der Waals surface area contributed by atoms with Gasteiger partial charge in [0.15, 0.2) is 5.96 Å². The molecule has 0 spiro atoms. The highest BCUT2D eigenvalue weighted by Crippen LogP contribution is 2.20. The number of morpholine rings is 1. The van der Waals surface area contributed by atoms with Crippen molar-refractivity contribution in [3.05, 3.63) is 23.9 Å². The number of aromatic nitrogens is 1. The number of amides is 1. The second kappa shape index (κ2) is 9.73. The van der Waals surface area contributed by atoms with Crippen LogP contribution in [-0.4, -0.2) is 67.7 Å². The van der Waals surface area contributed by atoms with E-state index in [0.717, 1.165) is 63.0 Å². The van der Waals surface area contributed by atoms with Crippen molar-refractivity contribution < 1.29 is 9.53 Å². The van der Waals surface area contributed by atoms with Crippen molar-refractivity contribution in [1.82, 2.24) is 15.2 Å². The molecule has 154 valence electrons. The molecule has 2 unspecified atom stereocenters. The molecule has 0 bridgehead atoms. The molecule has 3 heterocycles. The van der Waals surface area contributed by atoms with Gasteiger partial charge in [0.2, 0.25) is 5.91 Å². The number of hydrogen-bond acceptors (Lipinski definition) is 5. The second-order valence-corrected chi connectivity index (χ2v) is 7.68. The van der Waals surface area contributed by atoms with E-state index in [0.29, 0.717) is 18.9 Å². The Balaban J connectivity index is 1.52. The summed E-state index contributed by atoms with van der Waals surface area (Å²) in [5.74, 6) is 1.94. The Kier molecular flexibility index (Phi) is 7.08. The third kappa shape index (κ3) is 5.58. The maximum Gasteiger partial charge on any atom is 0.217 e. The van der Waals surface area contributed by atoms with Crippen LogP contribution in [0.25, 0.3) is 0 Å². The van der Waals surface area contributed by atoms with Crippen LogP contribution in [-0.2, 0) is 16.1 Å². The van der Waals surface area contributed by atoms with Crippen molar-refractivity contribution in [3.63, 3.8) is 0 Å². The fourth-order valence-corrected chi connectivity index (χ4v) is 3.96. The molecule has 28 heavy (non-hydrogen) atoms. The fourth-order valence-electron chi connectivity index (χ4n) is 3.96. The van der Waals surface area contributed by atoms with Crippen LogP contribution in [0, 0.1) is 5.92 Å². The molecule has 8 nitrogen and oxygen atoms in total. The highest BCUT2D eigenvalue weighted by molar-refractivity contribution is 5.80. The molecule has 0 aromatic carbocycles. The first-order valence-corrected chi connectivity index (χ1v) is 10.1. The number of guanidine groups is 1. The molecule has 1 aromatic heterocycles. The summed E-state index contributed by atoms with van der Waals surface area (Å²) >= 11 is 0. The van der Waals surface area contributed by atoms with Crippen molar-refractivity contribution >= 4 is 17.7 Å². The molecule has 3 N–H and O–H groups in total. The molecule has 0 radical (unpaired) electrons. The first-order chi connectivity index (χ1) is 13.5. The summed E-state index contributed by atoms with van der Waals surface area (Å²) in [6.45, 7) is 7.01. The van der Waals surface area contributed by atoms with Gasteiger partial charge in [-0.05, 0) is 37.3 Å². The molecule has 3 rings (SSSR count). The Bertz CT molecular complexity index is 678. The molecule has 0 aliphatic carbocycles. The summed E-state index contributed by atoms with van der Waals surface area (Å²) in [6.07, 6.45) is 4.69. The lowest BCUT2D eigenvalue weighted by Crippen LogP contribution is -2.46. The van der Waals surface area contributed by atoms with Crippen LogP contribution in [0.1, 0.15) is 31.7 Å². The summed E-state index contributed by atoms with van der Waals surface area (Å²) in [6, 6.07) is 4.18. The number of primary amides is 1. The zero-order chi connectivity index (χ0) is 19.9. The Hall–Kier alpha value is -2.35. The van der Waals surface area contributed by atoms with Gasteiger partial charge in [-0.1, -0.05) is 6.07 Å². The highest BCUT2D eigenvalue weighted by atomic mass is 16.5. The van der Waals surface area contributed by atoms with Gasteiger partial charge in [0, 0.05) is 52.4 Å². The maximum atomic E-state index is 11.2. The molecular weight excluding hydrogens is 356 g/mol. The van der Waals surface area contributed by atoms with Crippen LogP contribution in [0.4, 0.5) is 5.82 Å². The largest absolute Gasteiger partial charge is 0.375 e. The molecular formula is C20H32N6O2. The van der Waals surface area contributed by atoms with Gasteiger partial charge in [-0.3, -0.25) is 9.79 Å². The van der Waals surface area contributed by atoms with Gasteiger partial charge >= 0.3 is 0 Å². The molecule has 1 aromatic rings. The number of nitrogens with one attached hydrogen (secondary N) is 1. The molecule has 2 saturated heterocycles. The number of nitrogens with two attached hydrogens (primary N) is 1. The van der Waals surface area contributed by atoms with Crippen molar-refractivity contribution in [2.75, 3.05) is 44.7 Å². The van der Waals surface area contributed by atoms with Crippen molar-refractivity contribution in [3.8, 4) is 0 Å². The van der Waals surface area contributed by atoms with Gasteiger partial charge in [-0.15, -0.1) is 0 Å². The van der Waals surface area contributed by atoms with E-state index < -0.39 is 0 Å². The number of likely N-dealkylation sites (tertiary alicyclic amines) is 1. The first kappa shape index (κ1) is 20.4. The molecule has 2 fully saturated rings. The maximum absolute atomic E-state index is 11.2. The van der Waals surface area contributed by atoms with E-state index in [4.69, 9.17) is 10.5 Å². The predicted molar refractivity (Wildman–Crippen MR) is 110 cm³/mol. The van der Waals surface area contributed by atoms with Gasteiger partial charge in [0.1, 0.15) is 5.82 Å². The predicted octanol–water partition coefficient (Wildman–Crippen LogP) is 0.970. The molecule has 2 aliphatic rings. The molecule has 8 heteroatoms. The number of piperidine rings is 1. The second-order valence-electron chi connectivity index (χ2n) is 7.68. The Morgan fingerprint density at radius 1 is 1.39 bits per heavy atom. The summed E-state index contributed by atoms with van der Waals surface area (Å²) in [4.78, 5) is 24.7. The summed E-state index contributed by atoms with van der Waals surface area (Å²) < 4.78 is 5.59. The number of aliphatic imine (C=N–C) groups is 1. The highest BCUT2D eigenvalue weighted by Gasteiger charge is 2.23. The molecule has 2 atom stereocenters. The van der Waals surface area contributed by atoms with Crippen molar-refractivity contribution in [1.29, 1.82) is 0 Å². The average Bonchev–Trinajstić information content (AvgIpc) is 2.69. The van der Waals surface area contributed by atoms with E-state index >= 15 is 0 Å². The van der Waals surface area contributed by atoms with E-state index in [9.17, 15) is 4.79 Å². The zero-order valence-corrected chi connectivity index (χ0v) is 16.9. The first-order valence-electron chi connectivity index (χ1n) is 10.1. The Labute approximate surface area is 167 Å². The minimum Gasteiger partial charge on any atom is -0.375 e. The monoisotopic (exact) mass is 388 g/mol. The minimum atomic E-state index is -0.226. The lowest BCUT2D eigenvalue weighted by molar-refractivity contribution is -0.119. The summed E-state index contributed by atoms with van der Waals surface area (Å²) in [5, 5.41) is 3.42. The van der Waals surface area contributed by atoms with E-state index in [2.05, 4.69) is 44.1 Å². The van der Waals surface area contributed by atoms with Crippen LogP contribution in [0.3, 0.4) is 0 Å². The van der Waals surface area contributed by atoms with Crippen LogP contribution in [0.5, 0.6) is 0 Å². The third-order valence-corrected chi connectivity index (χ3v) is 5.35. The van der Waals surface area contributed by atoms with E-state index in [1.165, 1.54) is 0 Å². The summed E-state index contributed by atoms with van der Waals surface area (Å²) in [5.41, 5.74) is 6.47. The number of pyridine rings is 1. The Morgan fingerprint density at radius 2 is 2.25 bits per heavy atom. The Morgan fingerprint density at radius 3 is 2.93 bits per heavy atom. The van der Waals surface area contributed by atoms with Crippen LogP contribution in [0.2, 0.25) is 0 Å². The topological polar surface area (TPSA) is 96.1 Å². The molecule has 2 aliphatic heterocycles. The SMILES string of the molecule is CN=C(NCc1ccc(N2CCOC(C)C2)nc1)N1CCCC(CC(N)=O)C1. The number of carbonyl (C=O) groups excluding carboxylic acids is 1. The van der Waals surface area contributed by atoms with E-state index in [1.54, 1.807) is 7.05 Å². The number of ether oxygens (including phenoxy) is 1. The number of rotatable bonds is 5. The van der Waals surface area contributed by atoms with Crippen LogP contribution in [0.15, 0.2) is 23.3 Å². The average molecular weight is 389 g/mol. The lowest BCUT2D eigenvalue weighted by atomic mass is 9.95. The quantitative estimate of drug-likeness (QED) is 0.576. The van der Waals surface area contributed by atoms with Gasteiger partial charge in [0.25, 0.3) is 0 Å². The van der Waals surface area contributed by atoms with Crippen LogP contribution < -0.4 is 16.0 Å². The van der Waals surface area contributed by atoms with Crippen molar-refractivity contribution in [2.45, 2.75) is 38.8 Å². The molecule has 0 saturated carbocycles. The van der Waals surface area contributed by atoms with Crippen molar-refractivity contribution in [2.24, 2.45) is 16.6 Å². The lowest BCUT2D eigenvalue weighted by Gasteiger charge is -2.34. The number of hydrogen-bond donors (Lipinski definition) is 2. The smallest absolute Gasteiger partial charge is 0.217 e. The number of carbonyl (C=O) groups is 1. The minimum absolute atomic E-state index is 0.226. The number of nitrogens with zero attached hydrogens (tertiary/aromatic N) is 4. The van der Waals surface area contributed by atoms with E-state index in [1.807, 2.05) is 6.20 Å². The standard InChI is InChI=1S/C20H32N6O2/c1-15-13-25(8-9-28-15)19-6-5-17(11-23-19)12-24-20(22-2)26-7-3-4-16(14-26)10-18(21)27/h5-6,11,15-16H,3-4,7-10,12-14H2,1-2H3,(H2,21,27)(H,22,24). The third-order valence-electron chi connectivity index (χ3n) is 5.35. The van der Waals surface area contributed by atoms with Gasteiger partial charge < -0.3 is 25.6 Å². The zero-order valence-electron chi connectivity index (χ0n) is 16.9. The van der Waals surface area contributed by atoms with Crippen LogP contribution >= 0.6 is 0 Å². The normalized spacial score (nSPS) is 23.6. The van der Waals surface area contributed by atoms with Gasteiger partial charge in [-0.2, -0.15) is 0 Å². The van der Waals surface area contributed by atoms with Gasteiger partial charge in [-0.25, -0.2) is 4.98 Å². The number of anilines is 1. The molecule has 1 amide bonds. The van der Waals surface area contributed by atoms with E-state index in [-0.39, 0.29) is 12.0 Å². The summed E-state index contributed by atoms with van der Waals surface area (Å²) in [7, 11) is 1.79. The van der Waals surface area contributed by atoms with Gasteiger partial charge in [0.05, 0.1) is 12.7 Å². The fraction of sp³-hybridized carbons (Fsp3) is 0.650.